The van der Waals surface area contributed by atoms with Crippen LogP contribution in [0.3, 0.4) is 0 Å². The summed E-state index contributed by atoms with van der Waals surface area (Å²) < 4.78 is 1.79. The smallest absolute Gasteiger partial charge is 0.319 e. The predicted octanol–water partition coefficient (Wildman–Crippen LogP) is 4.54. The van der Waals surface area contributed by atoms with Crippen LogP contribution >= 0.6 is 11.3 Å². The van der Waals surface area contributed by atoms with E-state index in [0.717, 1.165) is 50.0 Å². The van der Waals surface area contributed by atoms with Gasteiger partial charge in [0.1, 0.15) is 4.83 Å². The van der Waals surface area contributed by atoms with Crippen LogP contribution in [-0.2, 0) is 13.0 Å². The van der Waals surface area contributed by atoms with Crippen molar-refractivity contribution >= 4 is 44.0 Å². The van der Waals surface area contributed by atoms with Crippen molar-refractivity contribution in [3.05, 3.63) is 69.6 Å². The van der Waals surface area contributed by atoms with E-state index in [1.165, 1.54) is 11.3 Å². The van der Waals surface area contributed by atoms with E-state index in [1.807, 2.05) is 47.4 Å². The fourth-order valence-electron chi connectivity index (χ4n) is 4.31. The average molecular weight is 417 g/mol. The largest absolute Gasteiger partial charge is 0.322 e. The summed E-state index contributed by atoms with van der Waals surface area (Å²) in [7, 11) is 0. The van der Waals surface area contributed by atoms with Gasteiger partial charge in [0.05, 0.1) is 23.9 Å². The van der Waals surface area contributed by atoms with E-state index >= 15 is 0 Å². The number of thiophene rings is 1. The topological polar surface area (TPSA) is 67.2 Å². The Morgan fingerprint density at radius 1 is 1.13 bits per heavy atom. The summed E-state index contributed by atoms with van der Waals surface area (Å²) in [5.74, 6) is 0. The molecule has 6 rings (SSSR count). The SMILES string of the molecule is O=C(Nc1cccc2ccccc12)N1CCc2c(sc3ncn(C4CC4)c(=O)c23)C1. The molecule has 0 bridgehead atoms. The van der Waals surface area contributed by atoms with E-state index < -0.39 is 0 Å². The van der Waals surface area contributed by atoms with Crippen LogP contribution in [0.4, 0.5) is 10.5 Å². The maximum Gasteiger partial charge on any atom is 0.322 e. The number of urea groups is 1. The van der Waals surface area contributed by atoms with Gasteiger partial charge in [-0.15, -0.1) is 11.3 Å². The molecule has 0 radical (unpaired) electrons. The van der Waals surface area contributed by atoms with Gasteiger partial charge in [0, 0.05) is 22.8 Å². The van der Waals surface area contributed by atoms with Crippen molar-refractivity contribution in [1.29, 1.82) is 0 Å². The van der Waals surface area contributed by atoms with Crippen molar-refractivity contribution in [3.63, 3.8) is 0 Å². The van der Waals surface area contributed by atoms with E-state index in [2.05, 4.69) is 10.3 Å². The van der Waals surface area contributed by atoms with Crippen molar-refractivity contribution in [2.45, 2.75) is 31.8 Å². The second-order valence-electron chi connectivity index (χ2n) is 8.00. The molecule has 3 heterocycles. The fraction of sp³-hybridized carbons (Fsp3) is 0.261. The van der Waals surface area contributed by atoms with Gasteiger partial charge in [-0.25, -0.2) is 9.78 Å². The fourth-order valence-corrected chi connectivity index (χ4v) is 5.51. The van der Waals surface area contributed by atoms with Crippen LogP contribution in [-0.4, -0.2) is 27.0 Å². The third kappa shape index (κ3) is 2.81. The van der Waals surface area contributed by atoms with Gasteiger partial charge in [-0.3, -0.25) is 9.36 Å². The second kappa shape index (κ2) is 6.67. The van der Waals surface area contributed by atoms with Gasteiger partial charge < -0.3 is 10.2 Å². The molecule has 2 aliphatic rings. The Morgan fingerprint density at radius 3 is 2.83 bits per heavy atom. The normalized spacial score (nSPS) is 16.1. The second-order valence-corrected chi connectivity index (χ2v) is 9.08. The lowest BCUT2D eigenvalue weighted by molar-refractivity contribution is 0.207. The highest BCUT2D eigenvalue weighted by Gasteiger charge is 2.29. The molecule has 0 saturated heterocycles. The standard InChI is InChI=1S/C23H20N4O2S/c28-22-20-17-10-11-26(12-19(17)30-21(20)24-13-27(22)15-8-9-15)23(29)25-18-7-3-5-14-4-1-2-6-16(14)18/h1-7,13,15H,8-12H2,(H,25,29). The van der Waals surface area contributed by atoms with Crippen LogP contribution in [0.15, 0.2) is 53.6 Å². The summed E-state index contributed by atoms with van der Waals surface area (Å²) in [6.45, 7) is 1.10. The molecule has 0 unspecified atom stereocenters. The number of anilines is 1. The van der Waals surface area contributed by atoms with Gasteiger partial charge in [0.2, 0.25) is 0 Å². The zero-order chi connectivity index (χ0) is 20.2. The van der Waals surface area contributed by atoms with E-state index in [0.29, 0.717) is 25.6 Å². The molecule has 2 aromatic carbocycles. The summed E-state index contributed by atoms with van der Waals surface area (Å²) >= 11 is 1.54. The molecule has 1 N–H and O–H groups in total. The molecule has 1 aliphatic heterocycles. The molecular weight excluding hydrogens is 396 g/mol. The van der Waals surface area contributed by atoms with Gasteiger partial charge in [0.25, 0.3) is 5.56 Å². The van der Waals surface area contributed by atoms with Crippen LogP contribution in [0.1, 0.15) is 29.3 Å². The van der Waals surface area contributed by atoms with Crippen LogP contribution < -0.4 is 10.9 Å². The molecule has 30 heavy (non-hydrogen) atoms. The van der Waals surface area contributed by atoms with Crippen molar-refractivity contribution < 1.29 is 4.79 Å². The lowest BCUT2D eigenvalue weighted by atomic mass is 10.1. The Morgan fingerprint density at radius 2 is 1.97 bits per heavy atom. The first-order valence-corrected chi connectivity index (χ1v) is 11.1. The molecule has 1 aliphatic carbocycles. The van der Waals surface area contributed by atoms with E-state index in [9.17, 15) is 9.59 Å². The first kappa shape index (κ1) is 17.7. The highest BCUT2D eigenvalue weighted by molar-refractivity contribution is 7.18. The summed E-state index contributed by atoms with van der Waals surface area (Å²) in [5, 5.41) is 5.96. The maximum atomic E-state index is 13.0. The summed E-state index contributed by atoms with van der Waals surface area (Å²) in [4.78, 5) is 34.2. The van der Waals surface area contributed by atoms with Gasteiger partial charge in [-0.05, 0) is 36.3 Å². The number of rotatable bonds is 2. The molecule has 1 saturated carbocycles. The van der Waals surface area contributed by atoms with Crippen LogP contribution in [0.2, 0.25) is 0 Å². The number of hydrogen-bond donors (Lipinski definition) is 1. The van der Waals surface area contributed by atoms with Gasteiger partial charge in [0.15, 0.2) is 0 Å². The number of benzene rings is 2. The number of carbonyl (C=O) groups is 1. The van der Waals surface area contributed by atoms with E-state index in [4.69, 9.17) is 0 Å². The highest BCUT2D eigenvalue weighted by atomic mass is 32.1. The summed E-state index contributed by atoms with van der Waals surface area (Å²) in [6, 6.07) is 14.1. The zero-order valence-electron chi connectivity index (χ0n) is 16.3. The molecular formula is C23H20N4O2S. The van der Waals surface area contributed by atoms with E-state index in [1.54, 1.807) is 10.9 Å². The summed E-state index contributed by atoms with van der Waals surface area (Å²) in [5.41, 5.74) is 1.97. The molecule has 6 nitrogen and oxygen atoms in total. The minimum absolute atomic E-state index is 0.0775. The number of hydrogen-bond acceptors (Lipinski definition) is 4. The van der Waals surface area contributed by atoms with E-state index in [-0.39, 0.29) is 11.6 Å². The molecule has 2 aromatic heterocycles. The highest BCUT2D eigenvalue weighted by Crippen LogP contribution is 2.36. The molecule has 7 heteroatoms. The summed E-state index contributed by atoms with van der Waals surface area (Å²) in [6.07, 6.45) is 4.49. The molecule has 150 valence electrons. The third-order valence-corrected chi connectivity index (χ3v) is 7.17. The number of aromatic nitrogens is 2. The predicted molar refractivity (Wildman–Crippen MR) is 119 cm³/mol. The maximum absolute atomic E-state index is 13.0. The van der Waals surface area contributed by atoms with Crippen LogP contribution in [0, 0.1) is 0 Å². The zero-order valence-corrected chi connectivity index (χ0v) is 17.1. The first-order chi connectivity index (χ1) is 14.7. The molecule has 2 amide bonds. The van der Waals surface area contributed by atoms with Crippen LogP contribution in [0.25, 0.3) is 21.0 Å². The number of amides is 2. The number of nitrogens with one attached hydrogen (secondary N) is 1. The number of nitrogens with zero attached hydrogens (tertiary/aromatic N) is 3. The average Bonchev–Trinajstić information content (AvgIpc) is 3.53. The molecule has 0 spiro atoms. The molecule has 1 fully saturated rings. The monoisotopic (exact) mass is 416 g/mol. The minimum atomic E-state index is -0.113. The Bertz CT molecular complexity index is 1360. The Kier molecular flexibility index (Phi) is 3.92. The molecule has 4 aromatic rings. The van der Waals surface area contributed by atoms with Gasteiger partial charge in [-0.2, -0.15) is 0 Å². The van der Waals surface area contributed by atoms with Gasteiger partial charge in [-0.1, -0.05) is 36.4 Å². The Hall–Kier alpha value is -3.19. The van der Waals surface area contributed by atoms with Crippen molar-refractivity contribution in [3.8, 4) is 0 Å². The Balaban J connectivity index is 1.29. The number of fused-ring (bicyclic) bond motifs is 4. The van der Waals surface area contributed by atoms with Gasteiger partial charge >= 0.3 is 6.03 Å². The number of carbonyl (C=O) groups excluding carboxylic acids is 1. The lowest BCUT2D eigenvalue weighted by Gasteiger charge is -2.27. The van der Waals surface area contributed by atoms with Crippen molar-refractivity contribution in [2.24, 2.45) is 0 Å². The van der Waals surface area contributed by atoms with Crippen molar-refractivity contribution in [1.82, 2.24) is 14.5 Å². The van der Waals surface area contributed by atoms with Crippen LogP contribution in [0.5, 0.6) is 0 Å². The minimum Gasteiger partial charge on any atom is -0.319 e. The molecule has 0 atom stereocenters. The first-order valence-electron chi connectivity index (χ1n) is 10.2. The lowest BCUT2D eigenvalue weighted by Crippen LogP contribution is -2.38. The van der Waals surface area contributed by atoms with Crippen molar-refractivity contribution in [2.75, 3.05) is 11.9 Å². The quantitative estimate of drug-likeness (QED) is 0.522. The Labute approximate surface area is 176 Å². The third-order valence-electron chi connectivity index (χ3n) is 6.04.